The number of rotatable bonds is 4. The predicted molar refractivity (Wildman–Crippen MR) is 68.9 cm³/mol. The minimum absolute atomic E-state index is 0.274. The Labute approximate surface area is 108 Å². The summed E-state index contributed by atoms with van der Waals surface area (Å²) in [7, 11) is 1.38. The van der Waals surface area contributed by atoms with Crippen molar-refractivity contribution >= 4 is 39.2 Å². The van der Waals surface area contributed by atoms with Gasteiger partial charge in [-0.1, -0.05) is 18.5 Å². The summed E-state index contributed by atoms with van der Waals surface area (Å²) in [6, 6.07) is 5.01. The second kappa shape index (κ2) is 6.11. The number of hydrogen-bond donors (Lipinski definition) is 1. The van der Waals surface area contributed by atoms with Crippen LogP contribution in [0.4, 0.5) is 5.69 Å². The minimum Gasteiger partial charge on any atom is -0.467 e. The highest BCUT2D eigenvalue weighted by atomic mass is 79.9. The maximum absolute atomic E-state index is 11.4. The zero-order valence-electron chi connectivity index (χ0n) is 9.09. The topological polar surface area (TPSA) is 38.3 Å². The number of methoxy groups -OCH3 is 1. The molecule has 16 heavy (non-hydrogen) atoms. The lowest BCUT2D eigenvalue weighted by molar-refractivity contribution is -0.141. The van der Waals surface area contributed by atoms with E-state index >= 15 is 0 Å². The van der Waals surface area contributed by atoms with Gasteiger partial charge in [-0.2, -0.15) is 0 Å². The van der Waals surface area contributed by atoms with Gasteiger partial charge in [-0.15, -0.1) is 0 Å². The van der Waals surface area contributed by atoms with Crippen LogP contribution in [-0.4, -0.2) is 19.1 Å². The molecule has 0 aromatic heterocycles. The van der Waals surface area contributed by atoms with E-state index in [2.05, 4.69) is 21.2 Å². The molecule has 0 amide bonds. The fraction of sp³-hybridized carbons (Fsp3) is 0.364. The summed E-state index contributed by atoms with van der Waals surface area (Å²) < 4.78 is 5.52. The Hall–Kier alpha value is -0.740. The van der Waals surface area contributed by atoms with Crippen LogP contribution in [0, 0.1) is 0 Å². The van der Waals surface area contributed by atoms with Gasteiger partial charge in [0.1, 0.15) is 6.04 Å². The number of anilines is 1. The van der Waals surface area contributed by atoms with Gasteiger partial charge in [0.05, 0.1) is 7.11 Å². The van der Waals surface area contributed by atoms with Crippen molar-refractivity contribution < 1.29 is 9.53 Å². The average molecular weight is 307 g/mol. The first-order valence-corrected chi connectivity index (χ1v) is 6.05. The summed E-state index contributed by atoms with van der Waals surface area (Å²) in [5.74, 6) is -0.274. The molecule has 0 radical (unpaired) electrons. The highest BCUT2D eigenvalue weighted by molar-refractivity contribution is 9.10. The fourth-order valence-electron chi connectivity index (χ4n) is 1.26. The van der Waals surface area contributed by atoms with Crippen LogP contribution >= 0.6 is 27.5 Å². The van der Waals surface area contributed by atoms with E-state index in [1.165, 1.54) is 7.11 Å². The molecule has 0 bridgehead atoms. The first kappa shape index (κ1) is 13.3. The number of nitrogens with one attached hydrogen (secondary N) is 1. The van der Waals surface area contributed by atoms with Gasteiger partial charge >= 0.3 is 5.97 Å². The molecule has 0 saturated heterocycles. The van der Waals surface area contributed by atoms with Crippen LogP contribution in [0.25, 0.3) is 0 Å². The molecule has 1 rings (SSSR count). The second-order valence-electron chi connectivity index (χ2n) is 3.25. The molecule has 0 aliphatic rings. The van der Waals surface area contributed by atoms with Gasteiger partial charge in [-0.3, -0.25) is 0 Å². The molecule has 1 unspecified atom stereocenters. The SMILES string of the molecule is CCC(Nc1ccc(Cl)cc1Br)C(=O)OC. The Morgan fingerprint density at radius 2 is 2.31 bits per heavy atom. The molecule has 1 atom stereocenters. The van der Waals surface area contributed by atoms with Gasteiger partial charge in [0.25, 0.3) is 0 Å². The van der Waals surface area contributed by atoms with E-state index in [1.807, 2.05) is 13.0 Å². The first-order valence-electron chi connectivity index (χ1n) is 4.88. The third kappa shape index (κ3) is 3.39. The molecule has 0 heterocycles. The molecule has 0 aliphatic heterocycles. The van der Waals surface area contributed by atoms with E-state index in [9.17, 15) is 4.79 Å². The Kier molecular flexibility index (Phi) is 5.09. The van der Waals surface area contributed by atoms with Gasteiger partial charge in [-0.05, 0) is 40.5 Å². The van der Waals surface area contributed by atoms with E-state index in [4.69, 9.17) is 16.3 Å². The molecule has 0 fully saturated rings. The maximum Gasteiger partial charge on any atom is 0.328 e. The van der Waals surface area contributed by atoms with Crippen molar-refractivity contribution in [1.82, 2.24) is 0 Å². The number of ether oxygens (including phenoxy) is 1. The van der Waals surface area contributed by atoms with Crippen LogP contribution in [0.3, 0.4) is 0 Å². The molecule has 88 valence electrons. The zero-order chi connectivity index (χ0) is 12.1. The molecule has 5 heteroatoms. The number of esters is 1. The number of benzene rings is 1. The van der Waals surface area contributed by atoms with Crippen molar-refractivity contribution in [3.05, 3.63) is 27.7 Å². The number of halogens is 2. The van der Waals surface area contributed by atoms with Crippen LogP contribution in [0.2, 0.25) is 5.02 Å². The van der Waals surface area contributed by atoms with Crippen molar-refractivity contribution in [2.75, 3.05) is 12.4 Å². The minimum atomic E-state index is -0.345. The van der Waals surface area contributed by atoms with Gasteiger partial charge in [0, 0.05) is 15.2 Å². The van der Waals surface area contributed by atoms with E-state index in [0.717, 1.165) is 10.2 Å². The predicted octanol–water partition coefficient (Wildman–Crippen LogP) is 3.47. The Morgan fingerprint density at radius 3 is 2.81 bits per heavy atom. The van der Waals surface area contributed by atoms with E-state index in [-0.39, 0.29) is 12.0 Å². The summed E-state index contributed by atoms with van der Waals surface area (Å²) in [5.41, 5.74) is 0.821. The fourth-order valence-corrected chi connectivity index (χ4v) is 2.06. The standard InChI is InChI=1S/C11H13BrClNO2/c1-3-9(11(15)16-2)14-10-5-4-7(13)6-8(10)12/h4-6,9,14H,3H2,1-2H3. The molecular weight excluding hydrogens is 293 g/mol. The largest absolute Gasteiger partial charge is 0.467 e. The quantitative estimate of drug-likeness (QED) is 0.866. The van der Waals surface area contributed by atoms with Crippen molar-refractivity contribution in [2.24, 2.45) is 0 Å². The molecule has 0 spiro atoms. The van der Waals surface area contributed by atoms with Crippen LogP contribution in [0.1, 0.15) is 13.3 Å². The second-order valence-corrected chi connectivity index (χ2v) is 4.54. The lowest BCUT2D eigenvalue weighted by atomic mass is 10.2. The molecular formula is C11H13BrClNO2. The van der Waals surface area contributed by atoms with E-state index in [0.29, 0.717) is 11.4 Å². The lowest BCUT2D eigenvalue weighted by Gasteiger charge is -2.16. The van der Waals surface area contributed by atoms with Crippen LogP contribution in [0.5, 0.6) is 0 Å². The van der Waals surface area contributed by atoms with Crippen molar-refractivity contribution in [3.63, 3.8) is 0 Å². The smallest absolute Gasteiger partial charge is 0.328 e. The third-order valence-corrected chi connectivity index (χ3v) is 3.05. The van der Waals surface area contributed by atoms with Crippen molar-refractivity contribution in [3.8, 4) is 0 Å². The lowest BCUT2D eigenvalue weighted by Crippen LogP contribution is -2.29. The Morgan fingerprint density at radius 1 is 1.62 bits per heavy atom. The summed E-state index contributed by atoms with van der Waals surface area (Å²) >= 11 is 9.20. The summed E-state index contributed by atoms with van der Waals surface area (Å²) in [6.07, 6.45) is 0.655. The number of hydrogen-bond acceptors (Lipinski definition) is 3. The normalized spacial score (nSPS) is 12.0. The maximum atomic E-state index is 11.4. The highest BCUT2D eigenvalue weighted by Gasteiger charge is 2.17. The van der Waals surface area contributed by atoms with E-state index in [1.54, 1.807) is 12.1 Å². The van der Waals surface area contributed by atoms with Crippen molar-refractivity contribution in [2.45, 2.75) is 19.4 Å². The molecule has 1 aromatic rings. The summed E-state index contributed by atoms with van der Waals surface area (Å²) in [6.45, 7) is 1.92. The summed E-state index contributed by atoms with van der Waals surface area (Å²) in [4.78, 5) is 11.4. The zero-order valence-corrected chi connectivity index (χ0v) is 11.4. The summed E-state index contributed by atoms with van der Waals surface area (Å²) in [5, 5.41) is 3.74. The molecule has 1 aromatic carbocycles. The Bertz CT molecular complexity index is 384. The molecule has 3 nitrogen and oxygen atoms in total. The van der Waals surface area contributed by atoms with Gasteiger partial charge in [0.2, 0.25) is 0 Å². The third-order valence-electron chi connectivity index (χ3n) is 2.15. The molecule has 1 N–H and O–H groups in total. The van der Waals surface area contributed by atoms with Crippen LogP contribution in [-0.2, 0) is 9.53 Å². The van der Waals surface area contributed by atoms with E-state index < -0.39 is 0 Å². The Balaban J connectivity index is 2.82. The van der Waals surface area contributed by atoms with Crippen molar-refractivity contribution in [1.29, 1.82) is 0 Å². The van der Waals surface area contributed by atoms with Gasteiger partial charge in [-0.25, -0.2) is 4.79 Å². The number of carbonyl (C=O) groups is 1. The molecule has 0 saturated carbocycles. The first-order chi connectivity index (χ1) is 7.58. The van der Waals surface area contributed by atoms with Gasteiger partial charge in [0.15, 0.2) is 0 Å². The number of carbonyl (C=O) groups excluding carboxylic acids is 1. The average Bonchev–Trinajstić information content (AvgIpc) is 2.27. The van der Waals surface area contributed by atoms with Crippen LogP contribution < -0.4 is 5.32 Å². The highest BCUT2D eigenvalue weighted by Crippen LogP contribution is 2.26. The van der Waals surface area contributed by atoms with Gasteiger partial charge < -0.3 is 10.1 Å². The van der Waals surface area contributed by atoms with Crippen LogP contribution in [0.15, 0.2) is 22.7 Å². The molecule has 0 aliphatic carbocycles. The monoisotopic (exact) mass is 305 g/mol.